The molecule has 0 heterocycles. The number of likely N-dealkylation sites (N-methyl/N-ethyl adjacent to an activating group) is 1. The highest BCUT2D eigenvalue weighted by Crippen LogP contribution is 2.32. The van der Waals surface area contributed by atoms with Gasteiger partial charge < -0.3 is 15.0 Å². The molecule has 2 N–H and O–H groups in total. The Labute approximate surface area is 135 Å². The molecule has 1 rings (SSSR count). The molecular formula is C13H20ClN3O4S. The second kappa shape index (κ2) is 7.77. The zero-order valence-corrected chi connectivity index (χ0v) is 14.5. The predicted molar refractivity (Wildman–Crippen MR) is 85.1 cm³/mol. The van der Waals surface area contributed by atoms with Gasteiger partial charge in [-0.3, -0.25) is 4.79 Å². The molecule has 0 aliphatic rings. The number of carbonyl (C=O) groups excluding carboxylic acids is 1. The molecular weight excluding hydrogens is 330 g/mol. The average molecular weight is 350 g/mol. The van der Waals surface area contributed by atoms with Gasteiger partial charge in [-0.1, -0.05) is 11.6 Å². The number of carbonyl (C=O) groups is 1. The number of benzene rings is 1. The fraction of sp³-hybridized carbons (Fsp3) is 0.462. The zero-order chi connectivity index (χ0) is 16.9. The predicted octanol–water partition coefficient (Wildman–Crippen LogP) is 0.548. The van der Waals surface area contributed by atoms with Gasteiger partial charge in [-0.25, -0.2) is 13.1 Å². The van der Waals surface area contributed by atoms with Gasteiger partial charge in [0.05, 0.1) is 12.7 Å². The summed E-state index contributed by atoms with van der Waals surface area (Å²) in [6.45, 7) is 0.664. The van der Waals surface area contributed by atoms with E-state index >= 15 is 0 Å². The standard InChI is InChI=1S/C13H20ClN3O4S/c1-15-5-6-16-22(19,20)11-8-9(14)7-10(12(11)21-4)13(18)17(2)3/h7-8,15-16H,5-6H2,1-4H3. The number of sulfonamides is 1. The third-order valence-electron chi connectivity index (χ3n) is 2.82. The maximum Gasteiger partial charge on any atom is 0.257 e. The van der Waals surface area contributed by atoms with Crippen molar-refractivity contribution in [1.82, 2.24) is 14.9 Å². The van der Waals surface area contributed by atoms with E-state index in [-0.39, 0.29) is 27.8 Å². The number of nitrogens with zero attached hydrogens (tertiary/aromatic N) is 1. The number of hydrogen-bond donors (Lipinski definition) is 2. The van der Waals surface area contributed by atoms with Crippen molar-refractivity contribution in [3.8, 4) is 5.75 Å². The quantitative estimate of drug-likeness (QED) is 0.702. The second-order valence-electron chi connectivity index (χ2n) is 4.69. The summed E-state index contributed by atoms with van der Waals surface area (Å²) in [6.07, 6.45) is 0. The highest BCUT2D eigenvalue weighted by atomic mass is 35.5. The fourth-order valence-electron chi connectivity index (χ4n) is 1.77. The Hall–Kier alpha value is -1.35. The normalized spacial score (nSPS) is 11.3. The molecule has 0 radical (unpaired) electrons. The van der Waals surface area contributed by atoms with E-state index in [0.29, 0.717) is 6.54 Å². The van der Waals surface area contributed by atoms with E-state index in [0.717, 1.165) is 0 Å². The Morgan fingerprint density at radius 3 is 2.45 bits per heavy atom. The molecule has 1 aromatic rings. The van der Waals surface area contributed by atoms with Crippen LogP contribution in [0.1, 0.15) is 10.4 Å². The number of amides is 1. The van der Waals surface area contributed by atoms with Crippen LogP contribution in [0, 0.1) is 0 Å². The van der Waals surface area contributed by atoms with Crippen molar-refractivity contribution >= 4 is 27.5 Å². The molecule has 1 aromatic carbocycles. The summed E-state index contributed by atoms with van der Waals surface area (Å²) in [7, 11) is 2.28. The molecule has 22 heavy (non-hydrogen) atoms. The molecule has 0 saturated carbocycles. The van der Waals surface area contributed by atoms with Crippen molar-refractivity contribution in [2.75, 3.05) is 41.3 Å². The summed E-state index contributed by atoms with van der Waals surface area (Å²) in [6, 6.07) is 2.64. The molecule has 0 bridgehead atoms. The van der Waals surface area contributed by atoms with Gasteiger partial charge in [0, 0.05) is 32.2 Å². The number of halogens is 1. The molecule has 124 valence electrons. The third-order valence-corrected chi connectivity index (χ3v) is 4.50. The first-order valence-electron chi connectivity index (χ1n) is 6.48. The Balaban J connectivity index is 3.39. The van der Waals surface area contributed by atoms with Gasteiger partial charge in [0.1, 0.15) is 4.90 Å². The topological polar surface area (TPSA) is 87.7 Å². The minimum Gasteiger partial charge on any atom is -0.494 e. The molecule has 0 saturated heterocycles. The summed E-state index contributed by atoms with van der Waals surface area (Å²) in [5.41, 5.74) is 0.0917. The van der Waals surface area contributed by atoms with Crippen molar-refractivity contribution in [3.05, 3.63) is 22.7 Å². The Morgan fingerprint density at radius 1 is 1.32 bits per heavy atom. The highest BCUT2D eigenvalue weighted by Gasteiger charge is 2.26. The Bertz CT molecular complexity index is 647. The summed E-state index contributed by atoms with van der Waals surface area (Å²) in [4.78, 5) is 13.3. The zero-order valence-electron chi connectivity index (χ0n) is 12.9. The van der Waals surface area contributed by atoms with Gasteiger partial charge >= 0.3 is 0 Å². The third kappa shape index (κ3) is 4.33. The van der Waals surface area contributed by atoms with Crippen LogP contribution in [-0.2, 0) is 10.0 Å². The van der Waals surface area contributed by atoms with E-state index in [2.05, 4.69) is 10.0 Å². The van der Waals surface area contributed by atoms with Gasteiger partial charge in [0.15, 0.2) is 5.75 Å². The van der Waals surface area contributed by atoms with Crippen molar-refractivity contribution in [2.24, 2.45) is 0 Å². The van der Waals surface area contributed by atoms with Crippen LogP contribution in [0.25, 0.3) is 0 Å². The van der Waals surface area contributed by atoms with Gasteiger partial charge in [-0.15, -0.1) is 0 Å². The van der Waals surface area contributed by atoms with Crippen LogP contribution in [0.5, 0.6) is 5.75 Å². The van der Waals surface area contributed by atoms with E-state index < -0.39 is 15.9 Å². The molecule has 0 spiro atoms. The lowest BCUT2D eigenvalue weighted by Crippen LogP contribution is -2.31. The minimum atomic E-state index is -3.85. The number of hydrogen-bond acceptors (Lipinski definition) is 5. The van der Waals surface area contributed by atoms with Gasteiger partial charge in [0.25, 0.3) is 5.91 Å². The molecule has 0 fully saturated rings. The largest absolute Gasteiger partial charge is 0.494 e. The van der Waals surface area contributed by atoms with Crippen LogP contribution in [0.4, 0.5) is 0 Å². The van der Waals surface area contributed by atoms with E-state index in [1.807, 2.05) is 0 Å². The SMILES string of the molecule is CNCCNS(=O)(=O)c1cc(Cl)cc(C(=O)N(C)C)c1OC. The summed E-state index contributed by atoms with van der Waals surface area (Å²) in [5, 5.41) is 2.97. The molecule has 0 atom stereocenters. The highest BCUT2D eigenvalue weighted by molar-refractivity contribution is 7.89. The molecule has 7 nitrogen and oxygen atoms in total. The van der Waals surface area contributed by atoms with E-state index in [1.165, 1.54) is 24.1 Å². The van der Waals surface area contributed by atoms with Crippen LogP contribution in [0.15, 0.2) is 17.0 Å². The first-order chi connectivity index (χ1) is 10.2. The van der Waals surface area contributed by atoms with Gasteiger partial charge in [-0.05, 0) is 19.2 Å². The smallest absolute Gasteiger partial charge is 0.257 e. The lowest BCUT2D eigenvalue weighted by atomic mass is 10.2. The van der Waals surface area contributed by atoms with Crippen molar-refractivity contribution in [2.45, 2.75) is 4.90 Å². The van der Waals surface area contributed by atoms with E-state index in [1.54, 1.807) is 21.1 Å². The van der Waals surface area contributed by atoms with Crippen LogP contribution in [-0.4, -0.2) is 60.6 Å². The van der Waals surface area contributed by atoms with Crippen LogP contribution >= 0.6 is 11.6 Å². The average Bonchev–Trinajstić information content (AvgIpc) is 2.45. The molecule has 9 heteroatoms. The van der Waals surface area contributed by atoms with Crippen molar-refractivity contribution < 1.29 is 17.9 Å². The fourth-order valence-corrected chi connectivity index (χ4v) is 3.30. The summed E-state index contributed by atoms with van der Waals surface area (Å²) in [5.74, 6) is -0.425. The van der Waals surface area contributed by atoms with Gasteiger partial charge in [-0.2, -0.15) is 0 Å². The van der Waals surface area contributed by atoms with E-state index in [4.69, 9.17) is 16.3 Å². The Morgan fingerprint density at radius 2 is 1.95 bits per heavy atom. The van der Waals surface area contributed by atoms with Crippen molar-refractivity contribution in [3.63, 3.8) is 0 Å². The maximum atomic E-state index is 12.4. The molecule has 0 unspecified atom stereocenters. The maximum absolute atomic E-state index is 12.4. The minimum absolute atomic E-state index is 0.0277. The van der Waals surface area contributed by atoms with Crippen LogP contribution < -0.4 is 14.8 Å². The Kier molecular flexibility index (Phi) is 6.61. The molecule has 1 amide bonds. The second-order valence-corrected chi connectivity index (χ2v) is 6.86. The molecule has 0 aliphatic carbocycles. The number of nitrogens with one attached hydrogen (secondary N) is 2. The lowest BCUT2D eigenvalue weighted by Gasteiger charge is -2.17. The van der Waals surface area contributed by atoms with Crippen LogP contribution in [0.2, 0.25) is 5.02 Å². The summed E-state index contributed by atoms with van der Waals surface area (Å²) < 4.78 is 32.3. The molecule has 0 aliphatic heterocycles. The summed E-state index contributed by atoms with van der Waals surface area (Å²) >= 11 is 5.96. The first kappa shape index (κ1) is 18.7. The monoisotopic (exact) mass is 349 g/mol. The van der Waals surface area contributed by atoms with Crippen LogP contribution in [0.3, 0.4) is 0 Å². The van der Waals surface area contributed by atoms with Gasteiger partial charge in [0.2, 0.25) is 10.0 Å². The van der Waals surface area contributed by atoms with E-state index in [9.17, 15) is 13.2 Å². The first-order valence-corrected chi connectivity index (χ1v) is 8.34. The number of rotatable bonds is 7. The van der Waals surface area contributed by atoms with Crippen molar-refractivity contribution in [1.29, 1.82) is 0 Å². The lowest BCUT2D eigenvalue weighted by molar-refractivity contribution is 0.0824. The number of ether oxygens (including phenoxy) is 1. The number of methoxy groups -OCH3 is 1. The molecule has 0 aromatic heterocycles.